The van der Waals surface area contributed by atoms with Crippen LogP contribution in [0.1, 0.15) is 50.2 Å². The zero-order chi connectivity index (χ0) is 14.8. The van der Waals surface area contributed by atoms with Gasteiger partial charge in [-0.3, -0.25) is 4.90 Å². The predicted molar refractivity (Wildman–Crippen MR) is 84.8 cm³/mol. The molecule has 2 atom stereocenters. The molecule has 0 amide bonds. The van der Waals surface area contributed by atoms with Crippen molar-refractivity contribution in [2.75, 3.05) is 6.54 Å². The van der Waals surface area contributed by atoms with Crippen molar-refractivity contribution < 1.29 is 4.39 Å². The normalized spacial score (nSPS) is 28.3. The number of halogens is 1. The first kappa shape index (κ1) is 15.0. The van der Waals surface area contributed by atoms with Crippen LogP contribution in [0, 0.1) is 12.7 Å². The van der Waals surface area contributed by atoms with Crippen molar-refractivity contribution in [3.63, 3.8) is 0 Å². The molecular weight excluding hydrogens is 263 g/mol. The van der Waals surface area contributed by atoms with Gasteiger partial charge in [-0.25, -0.2) is 4.39 Å². The van der Waals surface area contributed by atoms with E-state index in [1.807, 2.05) is 13.0 Å². The summed E-state index contributed by atoms with van der Waals surface area (Å²) in [5, 5.41) is 3.72. The summed E-state index contributed by atoms with van der Waals surface area (Å²) in [5.41, 5.74) is 2.35. The summed E-state index contributed by atoms with van der Waals surface area (Å²) in [6.07, 6.45) is 6.42. The molecule has 21 heavy (non-hydrogen) atoms. The molecule has 1 N–H and O–H groups in total. The molecule has 2 aliphatic rings. The zero-order valence-corrected chi connectivity index (χ0v) is 13.2. The van der Waals surface area contributed by atoms with E-state index in [4.69, 9.17) is 0 Å². The third-order valence-corrected chi connectivity index (χ3v) is 5.15. The lowest BCUT2D eigenvalue weighted by atomic mass is 9.97. The fraction of sp³-hybridized carbons (Fsp3) is 0.667. The van der Waals surface area contributed by atoms with Crippen LogP contribution in [-0.2, 0) is 6.54 Å². The van der Waals surface area contributed by atoms with E-state index in [1.165, 1.54) is 37.7 Å². The predicted octanol–water partition coefficient (Wildman–Crippen LogP) is 3.63. The van der Waals surface area contributed by atoms with Crippen molar-refractivity contribution in [3.05, 3.63) is 35.1 Å². The average Bonchev–Trinajstić information content (AvgIpc) is 2.79. The van der Waals surface area contributed by atoms with Crippen molar-refractivity contribution in [1.82, 2.24) is 10.2 Å². The third-order valence-electron chi connectivity index (χ3n) is 5.15. The molecule has 1 aromatic rings. The molecule has 3 heteroatoms. The first-order chi connectivity index (χ1) is 10.2. The molecule has 3 rings (SSSR count). The number of fused-ring (bicyclic) bond motifs is 2. The molecule has 1 aromatic carbocycles. The molecule has 0 aliphatic carbocycles. The van der Waals surface area contributed by atoms with Gasteiger partial charge in [-0.2, -0.15) is 0 Å². The summed E-state index contributed by atoms with van der Waals surface area (Å²) in [5.74, 6) is -0.127. The molecule has 0 saturated carbocycles. The number of aryl methyl sites for hydroxylation is 1. The lowest BCUT2D eigenvalue weighted by molar-refractivity contribution is 0.133. The van der Waals surface area contributed by atoms with Crippen LogP contribution in [0.15, 0.2) is 18.2 Å². The minimum Gasteiger partial charge on any atom is -0.311 e. The Hall–Kier alpha value is -0.930. The van der Waals surface area contributed by atoms with Gasteiger partial charge in [0.05, 0.1) is 0 Å². The highest BCUT2D eigenvalue weighted by atomic mass is 19.1. The number of piperidine rings is 1. The Morgan fingerprint density at radius 2 is 1.95 bits per heavy atom. The number of nitrogens with zero attached hydrogens (tertiary/aromatic N) is 1. The number of rotatable bonds is 5. The van der Waals surface area contributed by atoms with Gasteiger partial charge < -0.3 is 5.32 Å². The molecule has 2 bridgehead atoms. The van der Waals surface area contributed by atoms with Crippen molar-refractivity contribution >= 4 is 0 Å². The molecule has 2 nitrogen and oxygen atoms in total. The van der Waals surface area contributed by atoms with Crippen molar-refractivity contribution in [2.24, 2.45) is 0 Å². The second kappa shape index (κ2) is 6.45. The van der Waals surface area contributed by atoms with E-state index in [2.05, 4.69) is 17.1 Å². The summed E-state index contributed by atoms with van der Waals surface area (Å²) in [6.45, 7) is 6.37. The Morgan fingerprint density at radius 3 is 2.57 bits per heavy atom. The second-order valence-electron chi connectivity index (χ2n) is 6.80. The molecule has 2 fully saturated rings. The van der Waals surface area contributed by atoms with Crippen molar-refractivity contribution in [3.8, 4) is 0 Å². The fourth-order valence-corrected chi connectivity index (χ4v) is 4.06. The van der Waals surface area contributed by atoms with E-state index in [9.17, 15) is 4.39 Å². The van der Waals surface area contributed by atoms with Crippen LogP contribution in [0.5, 0.6) is 0 Å². The monoisotopic (exact) mass is 290 g/mol. The highest BCUT2D eigenvalue weighted by Gasteiger charge is 2.35. The Morgan fingerprint density at radius 1 is 1.24 bits per heavy atom. The minimum atomic E-state index is -0.127. The van der Waals surface area contributed by atoms with Crippen molar-refractivity contribution in [1.29, 1.82) is 0 Å². The van der Waals surface area contributed by atoms with Gasteiger partial charge in [-0.1, -0.05) is 13.0 Å². The number of nitrogens with one attached hydrogen (secondary N) is 1. The zero-order valence-electron chi connectivity index (χ0n) is 13.2. The smallest absolute Gasteiger partial charge is 0.123 e. The van der Waals surface area contributed by atoms with Gasteiger partial charge in [0.2, 0.25) is 0 Å². The number of hydrogen-bond donors (Lipinski definition) is 1. The van der Waals surface area contributed by atoms with E-state index in [1.54, 1.807) is 12.1 Å². The van der Waals surface area contributed by atoms with Gasteiger partial charge >= 0.3 is 0 Å². The number of benzene rings is 1. The molecule has 116 valence electrons. The van der Waals surface area contributed by atoms with Gasteiger partial charge in [-0.05, 0) is 68.8 Å². The first-order valence-electron chi connectivity index (χ1n) is 8.41. The SMILES string of the molecule is CCCN(Cc1ccc(F)cc1C)C1CC2CCC(C1)N2. The van der Waals surface area contributed by atoms with Crippen LogP contribution in [0.4, 0.5) is 4.39 Å². The van der Waals surface area contributed by atoms with E-state index in [-0.39, 0.29) is 5.82 Å². The summed E-state index contributed by atoms with van der Waals surface area (Å²) in [4.78, 5) is 2.63. The van der Waals surface area contributed by atoms with E-state index >= 15 is 0 Å². The molecule has 2 heterocycles. The first-order valence-corrected chi connectivity index (χ1v) is 8.41. The maximum atomic E-state index is 13.3. The molecular formula is C18H27FN2. The van der Waals surface area contributed by atoms with E-state index < -0.39 is 0 Å². The molecule has 2 aliphatic heterocycles. The summed E-state index contributed by atoms with van der Waals surface area (Å²) in [6, 6.07) is 7.35. The van der Waals surface area contributed by atoms with Crippen LogP contribution in [-0.4, -0.2) is 29.6 Å². The maximum absolute atomic E-state index is 13.3. The Labute approximate surface area is 127 Å². The maximum Gasteiger partial charge on any atom is 0.123 e. The average molecular weight is 290 g/mol. The number of hydrogen-bond acceptors (Lipinski definition) is 2. The lowest BCUT2D eigenvalue weighted by Crippen LogP contribution is -2.48. The quantitative estimate of drug-likeness (QED) is 0.891. The molecule has 0 radical (unpaired) electrons. The molecule has 0 spiro atoms. The van der Waals surface area contributed by atoms with Crippen molar-refractivity contribution in [2.45, 2.75) is 70.6 Å². The van der Waals surface area contributed by atoms with E-state index in [0.29, 0.717) is 6.04 Å². The van der Waals surface area contributed by atoms with Gasteiger partial charge in [0, 0.05) is 24.7 Å². The Bertz CT molecular complexity index is 476. The lowest BCUT2D eigenvalue weighted by Gasteiger charge is -2.38. The van der Waals surface area contributed by atoms with Gasteiger partial charge in [-0.15, -0.1) is 0 Å². The van der Waals surface area contributed by atoms with E-state index in [0.717, 1.165) is 30.7 Å². The summed E-state index contributed by atoms with van der Waals surface area (Å²) in [7, 11) is 0. The van der Waals surface area contributed by atoms with Crippen LogP contribution >= 0.6 is 0 Å². The van der Waals surface area contributed by atoms with Crippen LogP contribution in [0.2, 0.25) is 0 Å². The molecule has 2 saturated heterocycles. The molecule has 2 unspecified atom stereocenters. The van der Waals surface area contributed by atoms with Crippen LogP contribution < -0.4 is 5.32 Å². The highest BCUT2D eigenvalue weighted by molar-refractivity contribution is 5.26. The Balaban J connectivity index is 1.72. The van der Waals surface area contributed by atoms with Crippen LogP contribution in [0.3, 0.4) is 0 Å². The largest absolute Gasteiger partial charge is 0.311 e. The van der Waals surface area contributed by atoms with Gasteiger partial charge in [0.15, 0.2) is 0 Å². The van der Waals surface area contributed by atoms with Gasteiger partial charge in [0.25, 0.3) is 0 Å². The standard InChI is InChI=1S/C18H27FN2/c1-3-8-21(12-14-4-5-15(19)9-13(14)2)18-10-16-6-7-17(11-18)20-16/h4-5,9,16-18,20H,3,6-8,10-12H2,1-2H3. The Kier molecular flexibility index (Phi) is 4.60. The third kappa shape index (κ3) is 3.46. The summed E-state index contributed by atoms with van der Waals surface area (Å²) < 4.78 is 13.3. The minimum absolute atomic E-state index is 0.127. The molecule has 0 aromatic heterocycles. The summed E-state index contributed by atoms with van der Waals surface area (Å²) >= 11 is 0. The topological polar surface area (TPSA) is 15.3 Å². The fourth-order valence-electron chi connectivity index (χ4n) is 4.06. The second-order valence-corrected chi connectivity index (χ2v) is 6.80. The van der Waals surface area contributed by atoms with Crippen LogP contribution in [0.25, 0.3) is 0 Å². The van der Waals surface area contributed by atoms with Gasteiger partial charge in [0.1, 0.15) is 5.82 Å². The highest BCUT2D eigenvalue weighted by Crippen LogP contribution is 2.30.